The highest BCUT2D eigenvalue weighted by Crippen LogP contribution is 2.53. The molecule has 0 saturated heterocycles. The fourth-order valence-electron chi connectivity index (χ4n) is 8.15. The van der Waals surface area contributed by atoms with Crippen LogP contribution < -0.4 is 9.91 Å². The zero-order valence-corrected chi connectivity index (χ0v) is 30.0. The summed E-state index contributed by atoms with van der Waals surface area (Å²) in [6.07, 6.45) is 3.74. The Labute approximate surface area is 301 Å². The first kappa shape index (κ1) is 32.5. The number of hydrazone groups is 1. The summed E-state index contributed by atoms with van der Waals surface area (Å²) in [4.78, 5) is 13.6. The largest absolute Gasteiger partial charge is 0.310 e. The van der Waals surface area contributed by atoms with Crippen LogP contribution >= 0.6 is 0 Å². The lowest BCUT2D eigenvalue weighted by atomic mass is 9.82. The fourth-order valence-corrected chi connectivity index (χ4v) is 8.15. The van der Waals surface area contributed by atoms with Gasteiger partial charge in [0.2, 0.25) is 0 Å². The van der Waals surface area contributed by atoms with Gasteiger partial charge in [-0.15, -0.1) is 0 Å². The van der Waals surface area contributed by atoms with E-state index in [1.165, 1.54) is 44.5 Å². The lowest BCUT2D eigenvalue weighted by Gasteiger charge is -2.29. The maximum absolute atomic E-state index is 11.2. The molecule has 0 spiro atoms. The first-order valence-electron chi connectivity index (χ1n) is 18.0. The van der Waals surface area contributed by atoms with Gasteiger partial charge in [0.25, 0.3) is 0 Å². The Hall–Kier alpha value is -5.74. The van der Waals surface area contributed by atoms with E-state index in [0.717, 1.165) is 47.6 Å². The highest BCUT2D eigenvalue weighted by Gasteiger charge is 2.37. The second kappa shape index (κ2) is 12.5. The third-order valence-corrected chi connectivity index (χ3v) is 10.9. The van der Waals surface area contributed by atoms with Crippen LogP contribution in [0.2, 0.25) is 0 Å². The van der Waals surface area contributed by atoms with E-state index in [2.05, 4.69) is 149 Å². The summed E-state index contributed by atoms with van der Waals surface area (Å²) in [5.74, 6) is 0. The summed E-state index contributed by atoms with van der Waals surface area (Å²) in [5.41, 5.74) is 16.5. The third-order valence-electron chi connectivity index (χ3n) is 10.9. The number of anilines is 4. The molecule has 0 heterocycles. The van der Waals surface area contributed by atoms with E-state index in [0.29, 0.717) is 5.56 Å². The number of hydrogen-bond donors (Lipinski definition) is 0. The van der Waals surface area contributed by atoms with Crippen LogP contribution in [0.1, 0.15) is 79.2 Å². The molecule has 0 aromatic heterocycles. The Morgan fingerprint density at radius 3 is 1.49 bits per heavy atom. The molecule has 2 aliphatic rings. The SMILES string of the molecule is CCCN(N=Cc1ccc(N(c2ccc3c(c2)C(C)(C)c2ccccc2-3)c2ccc3c(c2)C(C)(C)c2ccccc2-3)cc1)c1ccc(C=O)cc1. The van der Waals surface area contributed by atoms with Crippen LogP contribution in [0.4, 0.5) is 22.7 Å². The van der Waals surface area contributed by atoms with Crippen LogP contribution in [0, 0.1) is 0 Å². The van der Waals surface area contributed by atoms with Crippen LogP contribution in [-0.4, -0.2) is 19.0 Å². The maximum Gasteiger partial charge on any atom is 0.150 e. The molecule has 4 heteroatoms. The Morgan fingerprint density at radius 2 is 0.980 bits per heavy atom. The summed E-state index contributed by atoms with van der Waals surface area (Å²) in [7, 11) is 0. The Morgan fingerprint density at radius 1 is 0.529 bits per heavy atom. The second-order valence-electron chi connectivity index (χ2n) is 14.8. The van der Waals surface area contributed by atoms with E-state index in [4.69, 9.17) is 5.10 Å². The van der Waals surface area contributed by atoms with Gasteiger partial charge in [0.1, 0.15) is 6.29 Å². The van der Waals surface area contributed by atoms with Crippen LogP contribution in [0.3, 0.4) is 0 Å². The van der Waals surface area contributed by atoms with Crippen molar-refractivity contribution < 1.29 is 4.79 Å². The highest BCUT2D eigenvalue weighted by atomic mass is 16.1. The third kappa shape index (κ3) is 5.47. The molecular formula is C47H43N3O. The second-order valence-corrected chi connectivity index (χ2v) is 14.8. The molecule has 0 atom stereocenters. The number of benzene rings is 6. The van der Waals surface area contributed by atoms with Gasteiger partial charge in [-0.25, -0.2) is 0 Å². The number of hydrogen-bond acceptors (Lipinski definition) is 4. The van der Waals surface area contributed by atoms with Crippen molar-refractivity contribution in [2.75, 3.05) is 16.5 Å². The minimum atomic E-state index is -0.104. The standard InChI is InChI=1S/C47H43N3O/c1-6-27-49(34-19-17-33(31-51)18-20-34)48-30-32-15-21-35(22-16-32)50(36-23-25-40-38-11-7-9-13-42(38)46(2,3)44(40)28-36)37-24-26-41-39-12-8-10-14-43(39)47(4,5)45(41)29-37/h7-26,28-31H,6,27H2,1-5H3. The fraction of sp³-hybridized carbons (Fsp3) is 0.191. The minimum Gasteiger partial charge on any atom is -0.310 e. The molecule has 0 N–H and O–H groups in total. The summed E-state index contributed by atoms with van der Waals surface area (Å²) < 4.78 is 0. The number of rotatable bonds is 9. The van der Waals surface area contributed by atoms with Crippen molar-refractivity contribution in [2.45, 2.75) is 51.9 Å². The number of fused-ring (bicyclic) bond motifs is 6. The van der Waals surface area contributed by atoms with Gasteiger partial charge in [0.15, 0.2) is 0 Å². The lowest BCUT2D eigenvalue weighted by molar-refractivity contribution is 0.112. The van der Waals surface area contributed by atoms with Crippen molar-refractivity contribution in [3.8, 4) is 22.3 Å². The molecule has 4 nitrogen and oxygen atoms in total. The van der Waals surface area contributed by atoms with Crippen molar-refractivity contribution in [1.29, 1.82) is 0 Å². The molecule has 8 rings (SSSR count). The number of carbonyl (C=O) groups is 1. The summed E-state index contributed by atoms with van der Waals surface area (Å²) in [6.45, 7) is 12.3. The molecule has 0 aliphatic heterocycles. The molecule has 0 fully saturated rings. The van der Waals surface area contributed by atoms with Gasteiger partial charge < -0.3 is 4.90 Å². The average Bonchev–Trinajstić information content (AvgIpc) is 3.53. The van der Waals surface area contributed by atoms with Gasteiger partial charge in [-0.2, -0.15) is 5.10 Å². The average molecular weight is 666 g/mol. The topological polar surface area (TPSA) is 35.9 Å². The lowest BCUT2D eigenvalue weighted by Crippen LogP contribution is -2.18. The van der Waals surface area contributed by atoms with E-state index < -0.39 is 0 Å². The smallest absolute Gasteiger partial charge is 0.150 e. The van der Waals surface area contributed by atoms with Crippen molar-refractivity contribution >= 4 is 35.3 Å². The van der Waals surface area contributed by atoms with Crippen molar-refractivity contribution in [1.82, 2.24) is 0 Å². The summed E-state index contributed by atoms with van der Waals surface area (Å²) in [5, 5.41) is 6.85. The van der Waals surface area contributed by atoms with Crippen LogP contribution in [0.15, 0.2) is 139 Å². The van der Waals surface area contributed by atoms with E-state index in [1.807, 2.05) is 35.5 Å². The van der Waals surface area contributed by atoms with E-state index >= 15 is 0 Å². The van der Waals surface area contributed by atoms with Crippen LogP contribution in [0.5, 0.6) is 0 Å². The Balaban J connectivity index is 1.20. The highest BCUT2D eigenvalue weighted by molar-refractivity contribution is 5.89. The van der Waals surface area contributed by atoms with E-state index in [9.17, 15) is 4.79 Å². The van der Waals surface area contributed by atoms with Crippen molar-refractivity contribution in [2.24, 2.45) is 5.10 Å². The minimum absolute atomic E-state index is 0.104. The van der Waals surface area contributed by atoms with E-state index in [1.54, 1.807) is 0 Å². The van der Waals surface area contributed by atoms with Gasteiger partial charge in [-0.1, -0.05) is 107 Å². The molecule has 0 amide bonds. The predicted molar refractivity (Wildman–Crippen MR) is 213 cm³/mol. The normalized spacial score (nSPS) is 14.5. The van der Waals surface area contributed by atoms with Gasteiger partial charge in [-0.05, 0) is 117 Å². The van der Waals surface area contributed by atoms with Crippen molar-refractivity contribution in [3.63, 3.8) is 0 Å². The van der Waals surface area contributed by atoms with Crippen molar-refractivity contribution in [3.05, 3.63) is 167 Å². The predicted octanol–water partition coefficient (Wildman–Crippen LogP) is 11.8. The molecule has 51 heavy (non-hydrogen) atoms. The van der Waals surface area contributed by atoms with Crippen LogP contribution in [-0.2, 0) is 10.8 Å². The quantitative estimate of drug-likeness (QED) is 0.0876. The maximum atomic E-state index is 11.2. The van der Waals surface area contributed by atoms with Gasteiger partial charge >= 0.3 is 0 Å². The molecule has 0 saturated carbocycles. The van der Waals surface area contributed by atoms with Gasteiger partial charge in [0.05, 0.1) is 11.9 Å². The first-order chi connectivity index (χ1) is 24.7. The van der Waals surface area contributed by atoms with Crippen LogP contribution in [0.25, 0.3) is 22.3 Å². The van der Waals surface area contributed by atoms with Gasteiger partial charge in [-0.3, -0.25) is 9.80 Å². The molecular weight excluding hydrogens is 623 g/mol. The molecule has 252 valence electrons. The molecule has 0 radical (unpaired) electrons. The number of aldehydes is 1. The Bertz CT molecular complexity index is 2190. The first-order valence-corrected chi connectivity index (χ1v) is 18.0. The molecule has 2 aliphatic carbocycles. The zero-order chi connectivity index (χ0) is 35.3. The summed E-state index contributed by atoms with van der Waals surface area (Å²) in [6, 6.07) is 47.9. The molecule has 6 aromatic rings. The molecule has 0 bridgehead atoms. The molecule has 0 unspecified atom stereocenters. The van der Waals surface area contributed by atoms with Gasteiger partial charge in [0, 0.05) is 40.0 Å². The number of nitrogens with zero attached hydrogens (tertiary/aromatic N) is 3. The Kier molecular flexibility index (Phi) is 7.98. The monoisotopic (exact) mass is 665 g/mol. The molecule has 6 aromatic carbocycles. The summed E-state index contributed by atoms with van der Waals surface area (Å²) >= 11 is 0. The zero-order valence-electron chi connectivity index (χ0n) is 30.0. The van der Waals surface area contributed by atoms with E-state index in [-0.39, 0.29) is 10.8 Å². The number of carbonyl (C=O) groups excluding carboxylic acids is 1.